The van der Waals surface area contributed by atoms with Crippen molar-refractivity contribution in [3.63, 3.8) is 0 Å². The summed E-state index contributed by atoms with van der Waals surface area (Å²) in [4.78, 5) is 7.14. The molecule has 0 aliphatic carbocycles. The maximum atomic E-state index is 6.65. The van der Waals surface area contributed by atoms with Gasteiger partial charge in [-0.25, -0.2) is 0 Å². The number of nitrogens with zero attached hydrogens (tertiary/aromatic N) is 2. The molecule has 0 atom stereocenters. The average Bonchev–Trinajstić information content (AvgIpc) is 1.95. The van der Waals surface area contributed by atoms with E-state index in [0.717, 1.165) is 10.2 Å². The molecule has 0 aliphatic heterocycles. The zero-order valence-electron chi connectivity index (χ0n) is 5.43. The number of hydrogen-bond acceptors (Lipinski definition) is 1. The van der Waals surface area contributed by atoms with Crippen molar-refractivity contribution in [2.24, 2.45) is 0 Å². The summed E-state index contributed by atoms with van der Waals surface area (Å²) in [6.07, 6.45) is 0. The summed E-state index contributed by atoms with van der Waals surface area (Å²) in [7, 11) is 0. The van der Waals surface area contributed by atoms with Gasteiger partial charge in [-0.15, -0.1) is 4.98 Å². The third-order valence-electron chi connectivity index (χ3n) is 1.14. The molecule has 0 aliphatic rings. The molecule has 3 heteroatoms. The molecule has 0 saturated heterocycles. The molecule has 0 saturated carbocycles. The van der Waals surface area contributed by atoms with Crippen LogP contribution in [0.25, 0.3) is 4.85 Å². The Hall–Kier alpha value is -0.880. The molecule has 1 rings (SSSR count). The Balaban J connectivity index is 3.20. The number of rotatable bonds is 0. The molecule has 0 unspecified atom stereocenters. The minimum Gasteiger partial charge on any atom is -0.361 e. The second-order valence-corrected chi connectivity index (χ2v) is 2.64. The van der Waals surface area contributed by atoms with Crippen molar-refractivity contribution in [3.05, 3.63) is 33.7 Å². The molecule has 0 amide bonds. The summed E-state index contributed by atoms with van der Waals surface area (Å²) in [6.45, 7) is 8.59. The fraction of sp³-hybridized carbons (Fsp3) is 0.143. The van der Waals surface area contributed by atoms with E-state index in [2.05, 4.69) is 25.8 Å². The largest absolute Gasteiger partial charge is 0.361 e. The first-order valence-electron chi connectivity index (χ1n) is 2.74. The van der Waals surface area contributed by atoms with Crippen molar-refractivity contribution in [2.75, 3.05) is 0 Å². The smallest absolute Gasteiger partial charge is 0.270 e. The van der Waals surface area contributed by atoms with Gasteiger partial charge in [0.15, 0.2) is 4.60 Å². The number of aromatic nitrogens is 1. The number of pyridine rings is 1. The van der Waals surface area contributed by atoms with Crippen LogP contribution in [0.4, 0.5) is 5.82 Å². The predicted molar refractivity (Wildman–Crippen MR) is 42.9 cm³/mol. The van der Waals surface area contributed by atoms with Gasteiger partial charge in [0.05, 0.1) is 0 Å². The summed E-state index contributed by atoms with van der Waals surface area (Å²) in [5, 5.41) is 0. The average molecular weight is 197 g/mol. The number of hydrogen-bond donors (Lipinski definition) is 0. The van der Waals surface area contributed by atoms with E-state index in [4.69, 9.17) is 6.57 Å². The maximum Gasteiger partial charge on any atom is 0.270 e. The molecule has 50 valence electrons. The van der Waals surface area contributed by atoms with Crippen LogP contribution in [0, 0.1) is 13.5 Å². The van der Waals surface area contributed by atoms with Crippen LogP contribution in [0.5, 0.6) is 0 Å². The highest BCUT2D eigenvalue weighted by Crippen LogP contribution is 2.17. The zero-order chi connectivity index (χ0) is 7.56. The van der Waals surface area contributed by atoms with Gasteiger partial charge in [0, 0.05) is 21.5 Å². The number of aryl methyl sites for hydroxylation is 1. The van der Waals surface area contributed by atoms with E-state index in [9.17, 15) is 0 Å². The summed E-state index contributed by atoms with van der Waals surface area (Å²) >= 11 is 3.23. The molecule has 0 aromatic carbocycles. The van der Waals surface area contributed by atoms with Crippen LogP contribution in [0.1, 0.15) is 5.56 Å². The van der Waals surface area contributed by atoms with Crippen LogP contribution in [0.15, 0.2) is 16.7 Å². The molecular weight excluding hydrogens is 192 g/mol. The van der Waals surface area contributed by atoms with Gasteiger partial charge in [-0.05, 0) is 13.0 Å². The Morgan fingerprint density at radius 3 is 2.80 bits per heavy atom. The summed E-state index contributed by atoms with van der Waals surface area (Å²) in [5.41, 5.74) is 1.05. The normalized spacial score (nSPS) is 8.90. The van der Waals surface area contributed by atoms with Crippen LogP contribution in [0.2, 0.25) is 0 Å². The highest BCUT2D eigenvalue weighted by atomic mass is 79.9. The standard InChI is InChI=1S/C7H5BrN2/c1-5-3-4-6(9-2)10-7(5)8/h3-4H,1H3. The van der Waals surface area contributed by atoms with Gasteiger partial charge in [0.25, 0.3) is 5.82 Å². The molecule has 0 spiro atoms. The fourth-order valence-electron chi connectivity index (χ4n) is 0.557. The first kappa shape index (κ1) is 7.23. The minimum absolute atomic E-state index is 0.428. The lowest BCUT2D eigenvalue weighted by atomic mass is 10.3. The Bertz CT molecular complexity index is 288. The van der Waals surface area contributed by atoms with Crippen LogP contribution in [0.3, 0.4) is 0 Å². The second-order valence-electron chi connectivity index (χ2n) is 1.89. The van der Waals surface area contributed by atoms with E-state index >= 15 is 0 Å². The van der Waals surface area contributed by atoms with Crippen molar-refractivity contribution in [2.45, 2.75) is 6.92 Å². The van der Waals surface area contributed by atoms with E-state index in [-0.39, 0.29) is 0 Å². The summed E-state index contributed by atoms with van der Waals surface area (Å²) in [5.74, 6) is 0.428. The van der Waals surface area contributed by atoms with Crippen molar-refractivity contribution in [1.82, 2.24) is 4.98 Å². The molecule has 0 bridgehead atoms. The third-order valence-corrected chi connectivity index (χ3v) is 1.94. The van der Waals surface area contributed by atoms with Crippen LogP contribution in [-0.2, 0) is 0 Å². The monoisotopic (exact) mass is 196 g/mol. The van der Waals surface area contributed by atoms with Gasteiger partial charge in [-0.1, -0.05) is 12.6 Å². The van der Waals surface area contributed by atoms with Gasteiger partial charge in [0.2, 0.25) is 0 Å². The van der Waals surface area contributed by atoms with E-state index in [0.29, 0.717) is 5.82 Å². The van der Waals surface area contributed by atoms with Crippen molar-refractivity contribution >= 4 is 21.7 Å². The molecule has 10 heavy (non-hydrogen) atoms. The quantitative estimate of drug-likeness (QED) is 0.461. The Labute approximate surface area is 67.9 Å². The van der Waals surface area contributed by atoms with E-state index in [1.54, 1.807) is 6.07 Å². The van der Waals surface area contributed by atoms with Crippen LogP contribution in [-0.4, -0.2) is 4.98 Å². The molecule has 0 fully saturated rings. The predicted octanol–water partition coefficient (Wildman–Crippen LogP) is 2.70. The zero-order valence-corrected chi connectivity index (χ0v) is 7.01. The van der Waals surface area contributed by atoms with E-state index in [1.165, 1.54) is 0 Å². The lowest BCUT2D eigenvalue weighted by Gasteiger charge is -1.91. The topological polar surface area (TPSA) is 17.2 Å². The Kier molecular flexibility index (Phi) is 2.03. The molecule has 2 nitrogen and oxygen atoms in total. The van der Waals surface area contributed by atoms with E-state index < -0.39 is 0 Å². The van der Waals surface area contributed by atoms with Crippen molar-refractivity contribution in [3.8, 4) is 0 Å². The van der Waals surface area contributed by atoms with E-state index in [1.807, 2.05) is 13.0 Å². The summed E-state index contributed by atoms with van der Waals surface area (Å²) in [6, 6.07) is 3.57. The van der Waals surface area contributed by atoms with Gasteiger partial charge in [0.1, 0.15) is 0 Å². The molecule has 0 radical (unpaired) electrons. The first-order valence-corrected chi connectivity index (χ1v) is 3.54. The maximum absolute atomic E-state index is 6.65. The SMILES string of the molecule is [C-]#[N+]c1ccc(C)c(Br)n1. The lowest BCUT2D eigenvalue weighted by Crippen LogP contribution is -1.78. The molecule has 1 heterocycles. The van der Waals surface area contributed by atoms with Gasteiger partial charge in [-0.3, -0.25) is 0 Å². The van der Waals surface area contributed by atoms with Crippen molar-refractivity contribution < 1.29 is 0 Å². The molecule has 1 aromatic heterocycles. The van der Waals surface area contributed by atoms with Gasteiger partial charge >= 0.3 is 0 Å². The Morgan fingerprint density at radius 1 is 1.60 bits per heavy atom. The molecule has 1 aromatic rings. The fourth-order valence-corrected chi connectivity index (χ4v) is 0.870. The summed E-state index contributed by atoms with van der Waals surface area (Å²) < 4.78 is 0.751. The highest BCUT2D eigenvalue weighted by Gasteiger charge is 1.99. The van der Waals surface area contributed by atoms with Crippen LogP contribution < -0.4 is 0 Å². The minimum atomic E-state index is 0.428. The van der Waals surface area contributed by atoms with Gasteiger partial charge < -0.3 is 4.85 Å². The lowest BCUT2D eigenvalue weighted by molar-refractivity contribution is 1.24. The third kappa shape index (κ3) is 1.34. The van der Waals surface area contributed by atoms with Gasteiger partial charge in [-0.2, -0.15) is 0 Å². The number of halogens is 1. The molecular formula is C7H5BrN2. The van der Waals surface area contributed by atoms with Crippen molar-refractivity contribution in [1.29, 1.82) is 0 Å². The first-order chi connectivity index (χ1) is 4.74. The second kappa shape index (κ2) is 2.80. The molecule has 0 N–H and O–H groups in total. The highest BCUT2D eigenvalue weighted by molar-refractivity contribution is 9.10. The Morgan fingerprint density at radius 2 is 2.30 bits per heavy atom. The van der Waals surface area contributed by atoms with Crippen LogP contribution >= 0.6 is 15.9 Å².